The molecule has 0 saturated carbocycles. The first kappa shape index (κ1) is 23.2. The molecule has 1 atom stereocenters. The smallest absolute Gasteiger partial charge is 0.322 e. The highest BCUT2D eigenvalue weighted by molar-refractivity contribution is 7.89. The Balaban J connectivity index is 1.93. The zero-order chi connectivity index (χ0) is 23.3. The number of H-pyrrole nitrogens is 1. The van der Waals surface area contributed by atoms with Crippen molar-refractivity contribution in [2.45, 2.75) is 26.5 Å². The van der Waals surface area contributed by atoms with Crippen LogP contribution in [0.1, 0.15) is 31.5 Å². The van der Waals surface area contributed by atoms with E-state index in [0.29, 0.717) is 12.1 Å². The van der Waals surface area contributed by atoms with Crippen molar-refractivity contribution in [1.29, 1.82) is 0 Å². The van der Waals surface area contributed by atoms with Crippen molar-refractivity contribution in [1.82, 2.24) is 14.9 Å². The molecule has 0 saturated heterocycles. The summed E-state index contributed by atoms with van der Waals surface area (Å²) in [6.45, 7) is 3.24. The van der Waals surface area contributed by atoms with Gasteiger partial charge >= 0.3 is 5.69 Å². The summed E-state index contributed by atoms with van der Waals surface area (Å²) in [5.74, 6) is -0.109. The largest absolute Gasteiger partial charge is 0.488 e. The van der Waals surface area contributed by atoms with E-state index in [1.165, 1.54) is 26.2 Å². The van der Waals surface area contributed by atoms with Crippen LogP contribution >= 0.6 is 0 Å². The average Bonchev–Trinajstić information content (AvgIpc) is 3.14. The molecule has 170 valence electrons. The Bertz CT molecular complexity index is 1250. The number of nitro benzene ring substituents is 1. The molecule has 10 nitrogen and oxygen atoms in total. The summed E-state index contributed by atoms with van der Waals surface area (Å²) >= 11 is 0. The van der Waals surface area contributed by atoms with Crippen LogP contribution in [0.25, 0.3) is 23.1 Å². The van der Waals surface area contributed by atoms with Crippen LogP contribution in [0.2, 0.25) is 0 Å². The fourth-order valence-electron chi connectivity index (χ4n) is 3.26. The Morgan fingerprint density at radius 2 is 2.00 bits per heavy atom. The molecule has 0 radical (unpaired) electrons. The minimum absolute atomic E-state index is 0.0493. The van der Waals surface area contributed by atoms with E-state index in [2.05, 4.69) is 14.9 Å². The molecule has 2 N–H and O–H groups in total. The molecule has 0 bridgehead atoms. The van der Waals surface area contributed by atoms with Crippen molar-refractivity contribution in [2.75, 3.05) is 12.9 Å². The minimum Gasteiger partial charge on any atom is -0.488 e. The lowest BCUT2D eigenvalue weighted by molar-refractivity contribution is -0.386. The van der Waals surface area contributed by atoms with Crippen LogP contribution in [0.3, 0.4) is 0 Å². The molecule has 0 amide bonds. The lowest BCUT2D eigenvalue weighted by atomic mass is 10.1. The van der Waals surface area contributed by atoms with Gasteiger partial charge in [0.15, 0.2) is 12.0 Å². The van der Waals surface area contributed by atoms with E-state index in [1.54, 1.807) is 19.1 Å². The molecule has 0 aliphatic carbocycles. The summed E-state index contributed by atoms with van der Waals surface area (Å²) in [5, 5.41) is 19.8. The second-order valence-corrected chi connectivity index (χ2v) is 8.85. The van der Waals surface area contributed by atoms with Crippen molar-refractivity contribution in [3.05, 3.63) is 57.8 Å². The number of aromatic amines is 1. The monoisotopic (exact) mass is 460 g/mol. The molecule has 1 unspecified atom stereocenters. The van der Waals surface area contributed by atoms with Gasteiger partial charge in [-0.1, -0.05) is 25.1 Å². The quantitative estimate of drug-likeness (QED) is 0.267. The van der Waals surface area contributed by atoms with Gasteiger partial charge in [-0.2, -0.15) is 9.82 Å². The SMILES string of the molecule is CCCS(=O)(=O)NC(C)Oc1ccc(C=Cc2n[nH]c3ccccc23)c([N+](=O)[O-])c1OC. The number of rotatable bonds is 10. The number of hydrogen-bond donors (Lipinski definition) is 2. The molecule has 0 aliphatic heterocycles. The summed E-state index contributed by atoms with van der Waals surface area (Å²) in [7, 11) is -2.24. The molecular weight excluding hydrogens is 436 g/mol. The van der Waals surface area contributed by atoms with Gasteiger partial charge in [-0.05, 0) is 43.7 Å². The van der Waals surface area contributed by atoms with Crippen LogP contribution in [0.5, 0.6) is 11.5 Å². The van der Waals surface area contributed by atoms with Gasteiger partial charge in [-0.3, -0.25) is 15.2 Å². The van der Waals surface area contributed by atoms with Crippen LogP contribution in [0, 0.1) is 10.1 Å². The molecule has 0 spiro atoms. The van der Waals surface area contributed by atoms with Crippen LogP contribution in [0.4, 0.5) is 5.69 Å². The number of nitrogens with zero attached hydrogens (tertiary/aromatic N) is 2. The van der Waals surface area contributed by atoms with Gasteiger partial charge in [0, 0.05) is 5.39 Å². The van der Waals surface area contributed by atoms with Crippen LogP contribution in [0.15, 0.2) is 36.4 Å². The molecule has 0 aliphatic rings. The van der Waals surface area contributed by atoms with Crippen molar-refractivity contribution in [3.63, 3.8) is 0 Å². The van der Waals surface area contributed by atoms with Crippen molar-refractivity contribution >= 4 is 38.8 Å². The first-order valence-electron chi connectivity index (χ1n) is 9.89. The zero-order valence-electron chi connectivity index (χ0n) is 17.9. The van der Waals surface area contributed by atoms with Gasteiger partial charge in [-0.25, -0.2) is 8.42 Å². The summed E-state index contributed by atoms with van der Waals surface area (Å²) < 4.78 is 37.2. The standard InChI is InChI=1S/C21H24N4O6S/c1-4-13-32(28,29)24-14(2)31-19-12-10-15(20(25(26)27)21(19)30-3)9-11-18-16-7-5-6-8-17(16)22-23-18/h5-12,14,24H,4,13H2,1-3H3,(H,22,23). The zero-order valence-corrected chi connectivity index (χ0v) is 18.7. The van der Waals surface area contributed by atoms with E-state index in [4.69, 9.17) is 9.47 Å². The number of ether oxygens (including phenoxy) is 2. The maximum Gasteiger partial charge on any atom is 0.322 e. The van der Waals surface area contributed by atoms with Gasteiger partial charge < -0.3 is 9.47 Å². The average molecular weight is 461 g/mol. The van der Waals surface area contributed by atoms with Gasteiger partial charge in [0.05, 0.1) is 34.6 Å². The van der Waals surface area contributed by atoms with Gasteiger partial charge in [0.2, 0.25) is 15.8 Å². The molecular formula is C21H24N4O6S. The van der Waals surface area contributed by atoms with E-state index in [1.807, 2.05) is 24.3 Å². The highest BCUT2D eigenvalue weighted by Crippen LogP contribution is 2.40. The highest BCUT2D eigenvalue weighted by atomic mass is 32.2. The summed E-state index contributed by atoms with van der Waals surface area (Å²) in [4.78, 5) is 11.3. The predicted molar refractivity (Wildman–Crippen MR) is 122 cm³/mol. The third kappa shape index (κ3) is 5.24. The van der Waals surface area contributed by atoms with Crippen molar-refractivity contribution < 1.29 is 22.8 Å². The van der Waals surface area contributed by atoms with Crippen molar-refractivity contribution in [2.24, 2.45) is 0 Å². The van der Waals surface area contributed by atoms with Gasteiger partial charge in [0.25, 0.3) is 0 Å². The molecule has 3 aromatic rings. The molecule has 32 heavy (non-hydrogen) atoms. The molecule has 1 aromatic heterocycles. The Labute approximate surface area is 185 Å². The number of fused-ring (bicyclic) bond motifs is 1. The number of nitrogens with one attached hydrogen (secondary N) is 2. The van der Waals surface area contributed by atoms with Crippen LogP contribution in [-0.2, 0) is 10.0 Å². The number of para-hydroxylation sites is 1. The summed E-state index contributed by atoms with van der Waals surface area (Å²) in [6.07, 6.45) is 2.74. The maximum atomic E-state index is 12.0. The van der Waals surface area contributed by atoms with Gasteiger partial charge in [0.1, 0.15) is 0 Å². The van der Waals surface area contributed by atoms with E-state index in [-0.39, 0.29) is 28.5 Å². The lowest BCUT2D eigenvalue weighted by Gasteiger charge is -2.18. The first-order chi connectivity index (χ1) is 15.3. The van der Waals surface area contributed by atoms with Gasteiger partial charge in [-0.15, -0.1) is 0 Å². The molecule has 0 fully saturated rings. The van der Waals surface area contributed by atoms with Crippen LogP contribution in [-0.4, -0.2) is 42.6 Å². The highest BCUT2D eigenvalue weighted by Gasteiger charge is 2.26. The molecule has 1 heterocycles. The lowest BCUT2D eigenvalue weighted by Crippen LogP contribution is -2.38. The second-order valence-electron chi connectivity index (χ2n) is 6.98. The second kappa shape index (κ2) is 9.79. The Morgan fingerprint density at radius 3 is 2.69 bits per heavy atom. The number of hydrogen-bond acceptors (Lipinski definition) is 7. The number of sulfonamides is 1. The topological polar surface area (TPSA) is 136 Å². The Kier molecular flexibility index (Phi) is 7.11. The Morgan fingerprint density at radius 1 is 1.25 bits per heavy atom. The number of benzene rings is 2. The first-order valence-corrected chi connectivity index (χ1v) is 11.5. The molecule has 2 aromatic carbocycles. The number of aromatic nitrogens is 2. The third-order valence-corrected chi connectivity index (χ3v) is 6.19. The fraction of sp³-hybridized carbons (Fsp3) is 0.286. The molecule has 11 heteroatoms. The van der Waals surface area contributed by atoms with E-state index < -0.39 is 21.2 Å². The van der Waals surface area contributed by atoms with E-state index in [0.717, 1.165) is 10.9 Å². The summed E-state index contributed by atoms with van der Waals surface area (Å²) in [6, 6.07) is 10.5. The Hall–Kier alpha value is -3.44. The minimum atomic E-state index is -3.53. The molecule has 3 rings (SSSR count). The normalized spacial score (nSPS) is 12.8. The maximum absolute atomic E-state index is 12.0. The van der Waals surface area contributed by atoms with E-state index in [9.17, 15) is 18.5 Å². The number of nitro groups is 1. The van der Waals surface area contributed by atoms with Crippen molar-refractivity contribution in [3.8, 4) is 11.5 Å². The summed E-state index contributed by atoms with van der Waals surface area (Å²) in [5.41, 5.74) is 1.46. The third-order valence-electron chi connectivity index (χ3n) is 4.56. The van der Waals surface area contributed by atoms with E-state index >= 15 is 0 Å². The van der Waals surface area contributed by atoms with Crippen LogP contribution < -0.4 is 14.2 Å². The predicted octanol–water partition coefficient (Wildman–Crippen LogP) is 3.70. The fourth-order valence-corrected chi connectivity index (χ4v) is 4.47. The number of methoxy groups -OCH3 is 1.